The molecule has 2 rings (SSSR count). The molecule has 0 amide bonds. The third kappa shape index (κ3) is 2.78. The Labute approximate surface area is 96.9 Å². The van der Waals surface area contributed by atoms with E-state index in [2.05, 4.69) is 0 Å². The maximum absolute atomic E-state index is 11.1. The predicted molar refractivity (Wildman–Crippen MR) is 56.4 cm³/mol. The first-order valence-corrected chi connectivity index (χ1v) is 6.18. The van der Waals surface area contributed by atoms with Gasteiger partial charge in [-0.05, 0) is 11.6 Å². The van der Waals surface area contributed by atoms with Gasteiger partial charge < -0.3 is 4.74 Å². The zero-order chi connectivity index (χ0) is 12.6. The molecule has 0 radical (unpaired) electrons. The van der Waals surface area contributed by atoms with Crippen molar-refractivity contribution in [2.24, 2.45) is 0 Å². The second-order valence-corrected chi connectivity index (χ2v) is 5.07. The van der Waals surface area contributed by atoms with E-state index in [0.717, 1.165) is 18.2 Å². The van der Waals surface area contributed by atoms with Crippen molar-refractivity contribution in [1.29, 1.82) is 0 Å². The van der Waals surface area contributed by atoms with E-state index in [9.17, 15) is 18.5 Å². The lowest BCUT2D eigenvalue weighted by molar-refractivity contribution is -0.385. The third-order valence-corrected chi connectivity index (χ3v) is 3.34. The number of nitro groups is 1. The molecule has 8 heteroatoms. The van der Waals surface area contributed by atoms with Crippen LogP contribution >= 0.6 is 0 Å². The average Bonchev–Trinajstić information content (AvgIpc) is 2.99. The summed E-state index contributed by atoms with van der Waals surface area (Å²) in [7, 11) is -4.37. The van der Waals surface area contributed by atoms with Gasteiger partial charge in [0.05, 0.1) is 22.5 Å². The van der Waals surface area contributed by atoms with Crippen LogP contribution in [-0.4, -0.2) is 30.6 Å². The van der Waals surface area contributed by atoms with Gasteiger partial charge in [0.25, 0.3) is 15.8 Å². The first kappa shape index (κ1) is 12.0. The van der Waals surface area contributed by atoms with Crippen LogP contribution in [0, 0.1) is 10.1 Å². The van der Waals surface area contributed by atoms with E-state index in [1.165, 1.54) is 0 Å². The van der Waals surface area contributed by atoms with Crippen LogP contribution in [-0.2, 0) is 21.3 Å². The van der Waals surface area contributed by atoms with Gasteiger partial charge in [-0.1, -0.05) is 0 Å². The standard InChI is InChI=1S/C9H9NO6S/c11-10(12)7-1-2-9(17(13,14)15)6(3-7)4-8-5-16-8/h1-3,8H,4-5H2,(H,13,14,15)/t8-/m0/s1. The maximum atomic E-state index is 11.1. The molecule has 7 nitrogen and oxygen atoms in total. The lowest BCUT2D eigenvalue weighted by Crippen LogP contribution is -2.06. The number of ether oxygens (including phenoxy) is 1. The van der Waals surface area contributed by atoms with E-state index < -0.39 is 15.0 Å². The highest BCUT2D eigenvalue weighted by Gasteiger charge is 2.27. The Kier molecular flexibility index (Phi) is 2.86. The molecular weight excluding hydrogens is 250 g/mol. The Morgan fingerprint density at radius 1 is 1.53 bits per heavy atom. The Morgan fingerprint density at radius 3 is 2.65 bits per heavy atom. The maximum Gasteiger partial charge on any atom is 0.294 e. The van der Waals surface area contributed by atoms with Crippen molar-refractivity contribution < 1.29 is 22.6 Å². The Bertz CT molecular complexity index is 563. The third-order valence-electron chi connectivity index (χ3n) is 2.38. The van der Waals surface area contributed by atoms with Crippen molar-refractivity contribution >= 4 is 15.8 Å². The molecule has 0 saturated carbocycles. The summed E-state index contributed by atoms with van der Waals surface area (Å²) < 4.78 is 36.1. The Morgan fingerprint density at radius 2 is 2.18 bits per heavy atom. The summed E-state index contributed by atoms with van der Waals surface area (Å²) in [6, 6.07) is 3.22. The lowest BCUT2D eigenvalue weighted by Gasteiger charge is -2.05. The van der Waals surface area contributed by atoms with Crippen molar-refractivity contribution in [2.75, 3.05) is 6.61 Å². The van der Waals surface area contributed by atoms with Gasteiger partial charge in [-0.2, -0.15) is 8.42 Å². The second-order valence-electron chi connectivity index (χ2n) is 3.68. The molecule has 1 N–H and O–H groups in total. The Balaban J connectivity index is 2.47. The van der Waals surface area contributed by atoms with Gasteiger partial charge in [0.2, 0.25) is 0 Å². The molecule has 1 heterocycles. The molecule has 0 aromatic heterocycles. The van der Waals surface area contributed by atoms with Crippen LogP contribution in [0.5, 0.6) is 0 Å². The zero-order valence-corrected chi connectivity index (χ0v) is 9.38. The molecule has 17 heavy (non-hydrogen) atoms. The molecule has 1 aromatic rings. The average molecular weight is 259 g/mol. The first-order chi connectivity index (χ1) is 7.88. The first-order valence-electron chi connectivity index (χ1n) is 4.74. The van der Waals surface area contributed by atoms with E-state index in [1.54, 1.807) is 0 Å². The molecule has 1 aliphatic heterocycles. The summed E-state index contributed by atoms with van der Waals surface area (Å²) in [6.07, 6.45) is 0.106. The molecule has 0 spiro atoms. The molecule has 1 atom stereocenters. The van der Waals surface area contributed by atoms with Crippen molar-refractivity contribution in [3.05, 3.63) is 33.9 Å². The number of hydrogen-bond acceptors (Lipinski definition) is 5. The summed E-state index contributed by atoms with van der Waals surface area (Å²) in [4.78, 5) is 9.65. The number of nitrogens with zero attached hydrogens (tertiary/aromatic N) is 1. The van der Waals surface area contributed by atoms with Crippen LogP contribution in [0.3, 0.4) is 0 Å². The van der Waals surface area contributed by atoms with E-state index in [-0.39, 0.29) is 28.7 Å². The second kappa shape index (κ2) is 4.06. The van der Waals surface area contributed by atoms with Crippen LogP contribution in [0.2, 0.25) is 0 Å². The molecule has 1 fully saturated rings. The topological polar surface area (TPSA) is 110 Å². The highest BCUT2D eigenvalue weighted by molar-refractivity contribution is 7.85. The molecule has 1 saturated heterocycles. The summed E-state index contributed by atoms with van der Waals surface area (Å²) in [5, 5.41) is 10.6. The Hall–Kier alpha value is -1.51. The van der Waals surface area contributed by atoms with Gasteiger partial charge in [0, 0.05) is 18.6 Å². The number of hydrogen-bond donors (Lipinski definition) is 1. The zero-order valence-electron chi connectivity index (χ0n) is 8.57. The van der Waals surface area contributed by atoms with Crippen molar-refractivity contribution in [1.82, 2.24) is 0 Å². The number of non-ortho nitro benzene ring substituents is 1. The molecule has 1 aliphatic rings. The van der Waals surface area contributed by atoms with Crippen LogP contribution in [0.25, 0.3) is 0 Å². The van der Waals surface area contributed by atoms with Crippen LogP contribution in [0.4, 0.5) is 5.69 Å². The van der Waals surface area contributed by atoms with E-state index in [0.29, 0.717) is 6.61 Å². The van der Waals surface area contributed by atoms with Crippen LogP contribution in [0.1, 0.15) is 5.56 Å². The largest absolute Gasteiger partial charge is 0.373 e. The fraction of sp³-hybridized carbons (Fsp3) is 0.333. The number of benzene rings is 1. The van der Waals surface area contributed by atoms with E-state index in [1.807, 2.05) is 0 Å². The minimum Gasteiger partial charge on any atom is -0.373 e. The van der Waals surface area contributed by atoms with Crippen molar-refractivity contribution in [3.63, 3.8) is 0 Å². The van der Waals surface area contributed by atoms with Gasteiger partial charge in [-0.3, -0.25) is 14.7 Å². The predicted octanol–water partition coefficient (Wildman–Crippen LogP) is 0.783. The molecule has 1 aromatic carbocycles. The summed E-state index contributed by atoms with van der Waals surface area (Å²) in [5.74, 6) is 0. The smallest absolute Gasteiger partial charge is 0.294 e. The van der Waals surface area contributed by atoms with Gasteiger partial charge in [0.1, 0.15) is 0 Å². The number of rotatable bonds is 4. The summed E-state index contributed by atoms with van der Waals surface area (Å²) in [5.41, 5.74) is -0.0164. The minimum absolute atomic E-state index is 0.127. The minimum atomic E-state index is -4.37. The van der Waals surface area contributed by atoms with Crippen LogP contribution < -0.4 is 0 Å². The number of epoxide rings is 1. The van der Waals surface area contributed by atoms with Crippen molar-refractivity contribution in [3.8, 4) is 0 Å². The van der Waals surface area contributed by atoms with Crippen molar-refractivity contribution in [2.45, 2.75) is 17.4 Å². The van der Waals surface area contributed by atoms with Gasteiger partial charge in [-0.15, -0.1) is 0 Å². The number of nitro benzene ring substituents is 1. The fourth-order valence-corrected chi connectivity index (χ4v) is 2.24. The van der Waals surface area contributed by atoms with E-state index in [4.69, 9.17) is 9.29 Å². The van der Waals surface area contributed by atoms with Gasteiger partial charge in [-0.25, -0.2) is 0 Å². The van der Waals surface area contributed by atoms with E-state index >= 15 is 0 Å². The summed E-state index contributed by atoms with van der Waals surface area (Å²) >= 11 is 0. The lowest BCUT2D eigenvalue weighted by atomic mass is 10.1. The highest BCUT2D eigenvalue weighted by Crippen LogP contribution is 2.26. The monoisotopic (exact) mass is 259 g/mol. The normalized spacial score (nSPS) is 19.0. The molecule has 0 aliphatic carbocycles. The highest BCUT2D eigenvalue weighted by atomic mass is 32.2. The fourth-order valence-electron chi connectivity index (χ4n) is 1.52. The quantitative estimate of drug-likeness (QED) is 0.370. The van der Waals surface area contributed by atoms with Gasteiger partial charge >= 0.3 is 0 Å². The molecule has 0 unspecified atom stereocenters. The van der Waals surface area contributed by atoms with Crippen LogP contribution in [0.15, 0.2) is 23.1 Å². The SMILES string of the molecule is O=[N+]([O-])c1ccc(S(=O)(=O)O)c(C[C@H]2CO2)c1. The van der Waals surface area contributed by atoms with Gasteiger partial charge in [0.15, 0.2) is 0 Å². The molecule has 92 valence electrons. The molecule has 0 bridgehead atoms. The molecular formula is C9H9NO6S. The summed E-state index contributed by atoms with van der Waals surface area (Å²) in [6.45, 7) is 0.494.